The van der Waals surface area contributed by atoms with Crippen molar-refractivity contribution in [3.63, 3.8) is 0 Å². The van der Waals surface area contributed by atoms with Crippen LogP contribution in [0.2, 0.25) is 5.02 Å². The largest absolute Gasteiger partial charge is 0.375 e. The minimum Gasteiger partial charge on any atom is -0.375 e. The number of methoxy groups -OCH3 is 1. The maximum absolute atomic E-state index is 12.2. The van der Waals surface area contributed by atoms with E-state index in [1.54, 1.807) is 26.2 Å². The molecule has 0 aliphatic carbocycles. The molecule has 21 heavy (non-hydrogen) atoms. The normalized spacial score (nSPS) is 13.7. The molecule has 1 amide bonds. The highest BCUT2D eigenvalue weighted by Gasteiger charge is 2.22. The summed E-state index contributed by atoms with van der Waals surface area (Å²) in [6.07, 6.45) is 1.26. The van der Waals surface area contributed by atoms with Gasteiger partial charge in [-0.3, -0.25) is 9.89 Å². The molecule has 0 radical (unpaired) electrons. The van der Waals surface area contributed by atoms with Crippen LogP contribution in [0.15, 0.2) is 30.5 Å². The summed E-state index contributed by atoms with van der Waals surface area (Å²) in [7, 11) is 1.62. The monoisotopic (exact) mass is 307 g/mol. The first kappa shape index (κ1) is 15.5. The first-order valence-electron chi connectivity index (χ1n) is 6.62. The Labute approximate surface area is 128 Å². The molecular formula is C15H18ClN3O2. The van der Waals surface area contributed by atoms with Gasteiger partial charge in [-0.05, 0) is 31.5 Å². The lowest BCUT2D eigenvalue weighted by atomic mass is 10.0. The molecule has 2 rings (SSSR count). The van der Waals surface area contributed by atoms with E-state index in [1.807, 2.05) is 19.1 Å². The predicted molar refractivity (Wildman–Crippen MR) is 81.5 cm³/mol. The SMILES string of the molecule is CO[C@H](c1ccc(Cl)cc1)[C@@H](C)NC(=O)c1cn[nH]c1C. The molecule has 0 aliphatic heterocycles. The zero-order valence-electron chi connectivity index (χ0n) is 12.2. The van der Waals surface area contributed by atoms with Gasteiger partial charge >= 0.3 is 0 Å². The van der Waals surface area contributed by atoms with E-state index in [2.05, 4.69) is 15.5 Å². The smallest absolute Gasteiger partial charge is 0.255 e. The average Bonchev–Trinajstić information content (AvgIpc) is 2.88. The number of nitrogens with zero attached hydrogens (tertiary/aromatic N) is 1. The van der Waals surface area contributed by atoms with Crippen molar-refractivity contribution in [3.05, 3.63) is 52.3 Å². The maximum Gasteiger partial charge on any atom is 0.255 e. The van der Waals surface area contributed by atoms with Gasteiger partial charge in [0.1, 0.15) is 6.10 Å². The van der Waals surface area contributed by atoms with Crippen LogP contribution in [0, 0.1) is 6.92 Å². The van der Waals surface area contributed by atoms with E-state index >= 15 is 0 Å². The van der Waals surface area contributed by atoms with Crippen molar-refractivity contribution in [2.24, 2.45) is 0 Å². The average molecular weight is 308 g/mol. The molecule has 0 fully saturated rings. The number of carbonyl (C=O) groups is 1. The van der Waals surface area contributed by atoms with Gasteiger partial charge in [0.15, 0.2) is 0 Å². The van der Waals surface area contributed by atoms with Crippen molar-refractivity contribution in [3.8, 4) is 0 Å². The van der Waals surface area contributed by atoms with Crippen LogP contribution in [-0.4, -0.2) is 29.3 Å². The van der Waals surface area contributed by atoms with E-state index in [-0.39, 0.29) is 18.1 Å². The maximum atomic E-state index is 12.2. The fourth-order valence-electron chi connectivity index (χ4n) is 2.22. The van der Waals surface area contributed by atoms with Crippen molar-refractivity contribution in [2.45, 2.75) is 26.0 Å². The lowest BCUT2D eigenvalue weighted by molar-refractivity contribution is 0.0644. The highest BCUT2D eigenvalue weighted by atomic mass is 35.5. The predicted octanol–water partition coefficient (Wildman–Crippen LogP) is 2.88. The summed E-state index contributed by atoms with van der Waals surface area (Å²) >= 11 is 5.89. The summed E-state index contributed by atoms with van der Waals surface area (Å²) in [4.78, 5) is 12.2. The van der Waals surface area contributed by atoms with Gasteiger partial charge < -0.3 is 10.1 Å². The molecule has 112 valence electrons. The van der Waals surface area contributed by atoms with E-state index in [1.165, 1.54) is 6.20 Å². The van der Waals surface area contributed by atoms with Gasteiger partial charge in [-0.1, -0.05) is 23.7 Å². The number of aryl methyl sites for hydroxylation is 1. The number of hydrogen-bond donors (Lipinski definition) is 2. The summed E-state index contributed by atoms with van der Waals surface area (Å²) in [6.45, 7) is 3.70. The van der Waals surface area contributed by atoms with Crippen molar-refractivity contribution in [1.82, 2.24) is 15.5 Å². The summed E-state index contributed by atoms with van der Waals surface area (Å²) < 4.78 is 5.51. The topological polar surface area (TPSA) is 67.0 Å². The van der Waals surface area contributed by atoms with Crippen molar-refractivity contribution in [2.75, 3.05) is 7.11 Å². The molecule has 0 saturated carbocycles. The van der Waals surface area contributed by atoms with Crippen molar-refractivity contribution < 1.29 is 9.53 Å². The number of aromatic nitrogens is 2. The molecule has 1 aromatic heterocycles. The second-order valence-electron chi connectivity index (χ2n) is 4.88. The Morgan fingerprint density at radius 2 is 2.05 bits per heavy atom. The van der Waals surface area contributed by atoms with Crippen molar-refractivity contribution >= 4 is 17.5 Å². The minimum atomic E-state index is -0.251. The molecule has 0 unspecified atom stereocenters. The number of H-pyrrole nitrogens is 1. The first-order chi connectivity index (χ1) is 10.0. The third-order valence-corrected chi connectivity index (χ3v) is 3.59. The Morgan fingerprint density at radius 1 is 1.38 bits per heavy atom. The molecule has 0 saturated heterocycles. The molecule has 2 atom stereocenters. The molecule has 2 aromatic rings. The number of benzene rings is 1. The van der Waals surface area contributed by atoms with Crippen molar-refractivity contribution in [1.29, 1.82) is 0 Å². The third-order valence-electron chi connectivity index (χ3n) is 3.34. The third kappa shape index (κ3) is 3.62. The molecule has 0 spiro atoms. The van der Waals surface area contributed by atoms with Gasteiger partial charge in [-0.2, -0.15) is 5.10 Å². The summed E-state index contributed by atoms with van der Waals surface area (Å²) in [6, 6.07) is 7.19. The van der Waals surface area contributed by atoms with Crippen LogP contribution in [0.5, 0.6) is 0 Å². The van der Waals surface area contributed by atoms with E-state index in [0.29, 0.717) is 10.6 Å². The lowest BCUT2D eigenvalue weighted by Crippen LogP contribution is -2.37. The zero-order chi connectivity index (χ0) is 15.4. The number of hydrogen-bond acceptors (Lipinski definition) is 3. The number of aromatic amines is 1. The van der Waals surface area contributed by atoms with Gasteiger partial charge in [-0.15, -0.1) is 0 Å². The van der Waals surface area contributed by atoms with Gasteiger partial charge in [0.25, 0.3) is 5.91 Å². The van der Waals surface area contributed by atoms with Crippen LogP contribution in [0.4, 0.5) is 0 Å². The number of ether oxygens (including phenoxy) is 1. The van der Waals surface area contributed by atoms with Crippen LogP contribution in [0.25, 0.3) is 0 Å². The number of nitrogens with one attached hydrogen (secondary N) is 2. The second-order valence-corrected chi connectivity index (χ2v) is 5.32. The molecule has 1 aromatic carbocycles. The van der Waals surface area contributed by atoms with Crippen LogP contribution in [0.1, 0.15) is 34.6 Å². The van der Waals surface area contributed by atoms with Gasteiger partial charge in [0.2, 0.25) is 0 Å². The summed E-state index contributed by atoms with van der Waals surface area (Å²) in [5.41, 5.74) is 2.23. The van der Waals surface area contributed by atoms with E-state index in [9.17, 15) is 4.79 Å². The standard InChI is InChI=1S/C15H18ClN3O2/c1-9-13(8-17-19-9)15(20)18-10(2)14(21-3)11-4-6-12(16)7-5-11/h4-8,10,14H,1-3H3,(H,17,19)(H,18,20)/t10-,14+/m1/s1. The highest BCUT2D eigenvalue weighted by molar-refractivity contribution is 6.30. The van der Waals surface area contributed by atoms with Gasteiger partial charge in [-0.25, -0.2) is 0 Å². The Hall–Kier alpha value is -1.85. The molecule has 2 N–H and O–H groups in total. The molecule has 6 heteroatoms. The Bertz CT molecular complexity index is 610. The molecular weight excluding hydrogens is 290 g/mol. The molecule has 1 heterocycles. The molecule has 0 aliphatic rings. The van der Waals surface area contributed by atoms with Crippen LogP contribution >= 0.6 is 11.6 Å². The van der Waals surface area contributed by atoms with E-state index in [4.69, 9.17) is 16.3 Å². The fourth-order valence-corrected chi connectivity index (χ4v) is 2.35. The number of amides is 1. The zero-order valence-corrected chi connectivity index (χ0v) is 12.9. The van der Waals surface area contributed by atoms with Crippen LogP contribution in [-0.2, 0) is 4.74 Å². The highest BCUT2D eigenvalue weighted by Crippen LogP contribution is 2.22. The van der Waals surface area contributed by atoms with E-state index < -0.39 is 0 Å². The van der Waals surface area contributed by atoms with Crippen LogP contribution in [0.3, 0.4) is 0 Å². The quantitative estimate of drug-likeness (QED) is 0.892. The van der Waals surface area contributed by atoms with E-state index in [0.717, 1.165) is 11.3 Å². The Kier molecular flexibility index (Phi) is 4.98. The number of carbonyl (C=O) groups excluding carboxylic acids is 1. The molecule has 0 bridgehead atoms. The number of rotatable bonds is 5. The Morgan fingerprint density at radius 3 is 2.57 bits per heavy atom. The summed E-state index contributed by atoms with van der Waals surface area (Å²) in [5, 5.41) is 10.2. The Balaban J connectivity index is 2.10. The number of halogens is 1. The van der Waals surface area contributed by atoms with Gasteiger partial charge in [0, 0.05) is 17.8 Å². The summed E-state index contributed by atoms with van der Waals surface area (Å²) in [5.74, 6) is -0.176. The first-order valence-corrected chi connectivity index (χ1v) is 6.99. The second kappa shape index (κ2) is 6.74. The lowest BCUT2D eigenvalue weighted by Gasteiger charge is -2.24. The molecule has 5 nitrogen and oxygen atoms in total. The fraction of sp³-hybridized carbons (Fsp3) is 0.333. The van der Waals surface area contributed by atoms with Crippen LogP contribution < -0.4 is 5.32 Å². The van der Waals surface area contributed by atoms with Gasteiger partial charge in [0.05, 0.1) is 17.8 Å². The minimum absolute atomic E-state index is 0.176.